The molecule has 16 heavy (non-hydrogen) atoms. The number of nitrogens with one attached hydrogen (secondary N) is 1. The molecule has 4 heteroatoms. The number of hydrogen-bond donors (Lipinski definition) is 1. The molecule has 1 saturated heterocycles. The van der Waals surface area contributed by atoms with Gasteiger partial charge in [-0.1, -0.05) is 0 Å². The highest BCUT2D eigenvalue weighted by Gasteiger charge is 2.23. The topological polar surface area (TPSA) is 49.4 Å². The molecule has 1 aliphatic carbocycles. The summed E-state index contributed by atoms with van der Waals surface area (Å²) >= 11 is 0. The van der Waals surface area contributed by atoms with Gasteiger partial charge in [0, 0.05) is 44.2 Å². The predicted molar refractivity (Wildman–Crippen MR) is 60.7 cm³/mol. The van der Waals surface area contributed by atoms with Gasteiger partial charge in [-0.2, -0.15) is 0 Å². The van der Waals surface area contributed by atoms with Crippen molar-refractivity contribution in [3.8, 4) is 0 Å². The zero-order valence-corrected chi connectivity index (χ0v) is 9.66. The summed E-state index contributed by atoms with van der Waals surface area (Å²) in [4.78, 5) is 24.3. The van der Waals surface area contributed by atoms with Crippen molar-refractivity contribution in [2.75, 3.05) is 13.1 Å². The molecule has 0 radical (unpaired) electrons. The number of nitrogens with zero attached hydrogens (tertiary/aromatic N) is 1. The zero-order valence-electron chi connectivity index (χ0n) is 9.66. The number of rotatable bonds is 2. The Morgan fingerprint density at radius 3 is 2.56 bits per heavy atom. The third kappa shape index (κ3) is 2.62. The molecule has 2 rings (SSSR count). The van der Waals surface area contributed by atoms with Crippen molar-refractivity contribution in [1.29, 1.82) is 0 Å². The molecule has 0 atom stereocenters. The van der Waals surface area contributed by atoms with Crippen LogP contribution in [0.2, 0.25) is 0 Å². The number of ketones is 1. The number of piperidine rings is 1. The number of amides is 1. The van der Waals surface area contributed by atoms with Crippen LogP contribution >= 0.6 is 0 Å². The molecule has 0 aromatic heterocycles. The van der Waals surface area contributed by atoms with E-state index in [4.69, 9.17) is 0 Å². The maximum Gasteiger partial charge on any atom is 0.217 e. The molecule has 0 saturated carbocycles. The average molecular weight is 222 g/mol. The Morgan fingerprint density at radius 1 is 1.38 bits per heavy atom. The molecule has 0 aromatic rings. The lowest BCUT2D eigenvalue weighted by atomic mass is 10.0. The Balaban J connectivity index is 1.83. The van der Waals surface area contributed by atoms with Crippen LogP contribution in [-0.4, -0.2) is 35.7 Å². The Bertz CT molecular complexity index is 328. The van der Waals surface area contributed by atoms with Gasteiger partial charge in [-0.3, -0.25) is 9.59 Å². The van der Waals surface area contributed by atoms with E-state index in [1.807, 2.05) is 0 Å². The van der Waals surface area contributed by atoms with Crippen LogP contribution in [0.15, 0.2) is 11.8 Å². The maximum atomic E-state index is 11.1. The molecular weight excluding hydrogens is 204 g/mol. The minimum absolute atomic E-state index is 0.0497. The van der Waals surface area contributed by atoms with E-state index in [1.165, 1.54) is 5.70 Å². The number of carbonyl (C=O) groups is 2. The van der Waals surface area contributed by atoms with Gasteiger partial charge in [-0.25, -0.2) is 0 Å². The molecule has 1 N–H and O–H groups in total. The van der Waals surface area contributed by atoms with E-state index >= 15 is 0 Å². The highest BCUT2D eigenvalue weighted by Crippen LogP contribution is 2.23. The van der Waals surface area contributed by atoms with Gasteiger partial charge in [-0.05, 0) is 19.3 Å². The first-order valence-corrected chi connectivity index (χ1v) is 5.90. The normalized spacial score (nSPS) is 22.2. The van der Waals surface area contributed by atoms with E-state index in [9.17, 15) is 9.59 Å². The summed E-state index contributed by atoms with van der Waals surface area (Å²) < 4.78 is 0. The van der Waals surface area contributed by atoms with E-state index in [1.54, 1.807) is 13.0 Å². The molecule has 0 spiro atoms. The molecule has 2 aliphatic rings. The quantitative estimate of drug-likeness (QED) is 0.753. The van der Waals surface area contributed by atoms with E-state index in [0.717, 1.165) is 32.4 Å². The van der Waals surface area contributed by atoms with Crippen molar-refractivity contribution >= 4 is 11.7 Å². The van der Waals surface area contributed by atoms with Crippen molar-refractivity contribution in [3.63, 3.8) is 0 Å². The van der Waals surface area contributed by atoms with Gasteiger partial charge in [0.1, 0.15) is 0 Å². The summed E-state index contributed by atoms with van der Waals surface area (Å²) in [6.45, 7) is 3.46. The Kier molecular flexibility index (Phi) is 3.27. The number of carbonyl (C=O) groups excluding carboxylic acids is 2. The largest absolute Gasteiger partial charge is 0.375 e. The van der Waals surface area contributed by atoms with Crippen LogP contribution in [0.25, 0.3) is 0 Å². The van der Waals surface area contributed by atoms with Gasteiger partial charge >= 0.3 is 0 Å². The molecule has 1 heterocycles. The van der Waals surface area contributed by atoms with Gasteiger partial charge in [0.05, 0.1) is 0 Å². The van der Waals surface area contributed by atoms with Crippen LogP contribution in [0.3, 0.4) is 0 Å². The molecule has 0 bridgehead atoms. The molecule has 88 valence electrons. The van der Waals surface area contributed by atoms with E-state index in [-0.39, 0.29) is 11.7 Å². The number of hydrogen-bond acceptors (Lipinski definition) is 3. The SMILES string of the molecule is CC(=O)NC1CCN(C2=CC(=O)CC2)CC1. The van der Waals surface area contributed by atoms with Crippen molar-refractivity contribution in [1.82, 2.24) is 10.2 Å². The molecular formula is C12H18N2O2. The molecule has 4 nitrogen and oxygen atoms in total. The second kappa shape index (κ2) is 4.68. The van der Waals surface area contributed by atoms with Gasteiger partial charge < -0.3 is 10.2 Å². The van der Waals surface area contributed by atoms with Crippen molar-refractivity contribution < 1.29 is 9.59 Å². The van der Waals surface area contributed by atoms with Gasteiger partial charge in [-0.15, -0.1) is 0 Å². The zero-order chi connectivity index (χ0) is 11.5. The van der Waals surface area contributed by atoms with Crippen molar-refractivity contribution in [2.24, 2.45) is 0 Å². The summed E-state index contributed by atoms with van der Waals surface area (Å²) in [7, 11) is 0. The van der Waals surface area contributed by atoms with Crippen molar-refractivity contribution in [3.05, 3.63) is 11.8 Å². The number of likely N-dealkylation sites (tertiary alicyclic amines) is 1. The minimum atomic E-state index is 0.0497. The monoisotopic (exact) mass is 222 g/mol. The van der Waals surface area contributed by atoms with Crippen LogP contribution in [0.5, 0.6) is 0 Å². The fourth-order valence-corrected chi connectivity index (χ4v) is 2.43. The minimum Gasteiger partial charge on any atom is -0.375 e. The summed E-state index contributed by atoms with van der Waals surface area (Å²) in [5.74, 6) is 0.299. The first-order chi connectivity index (χ1) is 7.65. The Labute approximate surface area is 95.7 Å². The predicted octanol–water partition coefficient (Wildman–Crippen LogP) is 0.834. The highest BCUT2D eigenvalue weighted by atomic mass is 16.1. The lowest BCUT2D eigenvalue weighted by Crippen LogP contribution is -2.43. The van der Waals surface area contributed by atoms with E-state index < -0.39 is 0 Å². The summed E-state index contributed by atoms with van der Waals surface area (Å²) in [5.41, 5.74) is 1.19. The fourth-order valence-electron chi connectivity index (χ4n) is 2.43. The third-order valence-electron chi connectivity index (χ3n) is 3.26. The van der Waals surface area contributed by atoms with Crippen LogP contribution < -0.4 is 5.32 Å². The summed E-state index contributed by atoms with van der Waals surface area (Å²) in [5, 5.41) is 2.95. The second-order valence-electron chi connectivity index (χ2n) is 4.56. The van der Waals surface area contributed by atoms with Gasteiger partial charge in [0.15, 0.2) is 5.78 Å². The molecule has 0 aromatic carbocycles. The lowest BCUT2D eigenvalue weighted by molar-refractivity contribution is -0.120. The van der Waals surface area contributed by atoms with Gasteiger partial charge in [0.2, 0.25) is 5.91 Å². The van der Waals surface area contributed by atoms with E-state index in [2.05, 4.69) is 10.2 Å². The highest BCUT2D eigenvalue weighted by molar-refractivity contribution is 5.92. The first-order valence-electron chi connectivity index (χ1n) is 5.90. The molecule has 0 unspecified atom stereocenters. The smallest absolute Gasteiger partial charge is 0.217 e. The molecule has 1 amide bonds. The Hall–Kier alpha value is -1.32. The maximum absolute atomic E-state index is 11.1. The van der Waals surface area contributed by atoms with Gasteiger partial charge in [0.25, 0.3) is 0 Å². The molecule has 1 aliphatic heterocycles. The molecule has 1 fully saturated rings. The summed E-state index contributed by atoms with van der Waals surface area (Å²) in [6.07, 6.45) is 5.29. The second-order valence-corrected chi connectivity index (χ2v) is 4.56. The number of allylic oxidation sites excluding steroid dienone is 2. The summed E-state index contributed by atoms with van der Waals surface area (Å²) in [6, 6.07) is 0.312. The van der Waals surface area contributed by atoms with Crippen LogP contribution in [0.1, 0.15) is 32.6 Å². The average Bonchev–Trinajstić information content (AvgIpc) is 2.65. The first kappa shape index (κ1) is 11.2. The Morgan fingerprint density at radius 2 is 2.06 bits per heavy atom. The fraction of sp³-hybridized carbons (Fsp3) is 0.667. The lowest BCUT2D eigenvalue weighted by Gasteiger charge is -2.34. The van der Waals surface area contributed by atoms with E-state index in [0.29, 0.717) is 12.5 Å². The van der Waals surface area contributed by atoms with Crippen LogP contribution in [-0.2, 0) is 9.59 Å². The standard InChI is InChI=1S/C12H18N2O2/c1-9(15)13-10-4-6-14(7-5-10)11-2-3-12(16)8-11/h8,10H,2-7H2,1H3,(H,13,15). The van der Waals surface area contributed by atoms with Crippen molar-refractivity contribution in [2.45, 2.75) is 38.6 Å². The van der Waals surface area contributed by atoms with Crippen LogP contribution in [0.4, 0.5) is 0 Å². The third-order valence-corrected chi connectivity index (χ3v) is 3.26. The van der Waals surface area contributed by atoms with Crippen LogP contribution in [0, 0.1) is 0 Å².